The summed E-state index contributed by atoms with van der Waals surface area (Å²) in [5.74, 6) is -0.199. The summed E-state index contributed by atoms with van der Waals surface area (Å²) in [5, 5.41) is 2.86. The van der Waals surface area contributed by atoms with E-state index in [9.17, 15) is 13.2 Å². The minimum atomic E-state index is -3.69. The van der Waals surface area contributed by atoms with Crippen molar-refractivity contribution in [2.24, 2.45) is 0 Å². The third kappa shape index (κ3) is 4.47. The Morgan fingerprint density at radius 1 is 1.38 bits per heavy atom. The fraction of sp³-hybridized carbons (Fsp3) is 0.562. The summed E-state index contributed by atoms with van der Waals surface area (Å²) in [5.41, 5.74) is 0.410. The maximum atomic E-state index is 12.6. The molecule has 24 heavy (non-hydrogen) atoms. The van der Waals surface area contributed by atoms with E-state index in [1.807, 2.05) is 0 Å². The standard InChI is InChI=1S/C16H23ClN2O4S/c1-3-19(4-2)24(21,22)15-10-12(7-8-14(15)17)18-16(20)11-13-6-5-9-23-13/h7-8,10,13H,3-6,9,11H2,1-2H3,(H,18,20). The molecule has 1 heterocycles. The van der Waals surface area contributed by atoms with Crippen LogP contribution in [0.25, 0.3) is 0 Å². The van der Waals surface area contributed by atoms with Gasteiger partial charge in [-0.3, -0.25) is 4.79 Å². The van der Waals surface area contributed by atoms with Gasteiger partial charge in [-0.2, -0.15) is 4.31 Å². The molecule has 1 atom stereocenters. The first-order valence-corrected chi connectivity index (χ1v) is 9.91. The number of hydrogen-bond donors (Lipinski definition) is 1. The summed E-state index contributed by atoms with van der Waals surface area (Å²) in [6.07, 6.45) is 2.04. The number of sulfonamides is 1. The van der Waals surface area contributed by atoms with Crippen molar-refractivity contribution >= 4 is 33.2 Å². The lowest BCUT2D eigenvalue weighted by Gasteiger charge is -2.20. The molecule has 134 valence electrons. The van der Waals surface area contributed by atoms with Gasteiger partial charge < -0.3 is 10.1 Å². The van der Waals surface area contributed by atoms with E-state index in [-0.39, 0.29) is 28.4 Å². The van der Waals surface area contributed by atoms with Crippen molar-refractivity contribution in [2.75, 3.05) is 25.0 Å². The normalized spacial score (nSPS) is 18.1. The number of carbonyl (C=O) groups is 1. The van der Waals surface area contributed by atoms with Crippen molar-refractivity contribution in [3.05, 3.63) is 23.2 Å². The van der Waals surface area contributed by atoms with Gasteiger partial charge in [0.2, 0.25) is 15.9 Å². The van der Waals surface area contributed by atoms with Gasteiger partial charge in [-0.25, -0.2) is 8.42 Å². The third-order valence-electron chi connectivity index (χ3n) is 3.98. The second-order valence-corrected chi connectivity index (χ2v) is 7.94. The molecule has 6 nitrogen and oxygen atoms in total. The van der Waals surface area contributed by atoms with Crippen molar-refractivity contribution in [2.45, 2.75) is 44.1 Å². The number of anilines is 1. The lowest BCUT2D eigenvalue weighted by atomic mass is 10.2. The molecule has 0 saturated carbocycles. The molecule has 1 aromatic rings. The molecule has 1 amide bonds. The first-order chi connectivity index (χ1) is 11.4. The van der Waals surface area contributed by atoms with E-state index in [1.165, 1.54) is 16.4 Å². The molecule has 0 radical (unpaired) electrons. The Hall–Kier alpha value is -1.15. The highest BCUT2D eigenvalue weighted by molar-refractivity contribution is 7.89. The van der Waals surface area contributed by atoms with Crippen LogP contribution in [0.3, 0.4) is 0 Å². The molecule has 1 unspecified atom stereocenters. The van der Waals surface area contributed by atoms with Crippen LogP contribution in [-0.2, 0) is 19.6 Å². The largest absolute Gasteiger partial charge is 0.378 e. The fourth-order valence-electron chi connectivity index (χ4n) is 2.71. The molecule has 1 aromatic carbocycles. The number of ether oxygens (including phenoxy) is 1. The molecule has 1 aliphatic rings. The van der Waals surface area contributed by atoms with Crippen LogP contribution in [0, 0.1) is 0 Å². The number of carbonyl (C=O) groups excluding carboxylic acids is 1. The predicted octanol–water partition coefficient (Wildman–Crippen LogP) is 2.88. The minimum Gasteiger partial charge on any atom is -0.378 e. The maximum absolute atomic E-state index is 12.6. The first kappa shape index (κ1) is 19.2. The number of nitrogens with zero attached hydrogens (tertiary/aromatic N) is 1. The molecule has 1 fully saturated rings. The van der Waals surface area contributed by atoms with E-state index in [1.54, 1.807) is 19.9 Å². The average Bonchev–Trinajstić information content (AvgIpc) is 3.02. The van der Waals surface area contributed by atoms with Gasteiger partial charge in [0.05, 0.1) is 17.5 Å². The Morgan fingerprint density at radius 2 is 2.08 bits per heavy atom. The van der Waals surface area contributed by atoms with Gasteiger partial charge in [-0.15, -0.1) is 0 Å². The van der Waals surface area contributed by atoms with Crippen molar-refractivity contribution in [1.29, 1.82) is 0 Å². The number of nitrogens with one attached hydrogen (secondary N) is 1. The highest BCUT2D eigenvalue weighted by Crippen LogP contribution is 2.28. The van der Waals surface area contributed by atoms with Crippen LogP contribution in [0.1, 0.15) is 33.1 Å². The van der Waals surface area contributed by atoms with Crippen LogP contribution in [-0.4, -0.2) is 44.4 Å². The number of amides is 1. The van der Waals surface area contributed by atoms with Gasteiger partial charge in [-0.05, 0) is 31.0 Å². The molecular weight excluding hydrogens is 352 g/mol. The summed E-state index contributed by atoms with van der Waals surface area (Å²) < 4.78 is 32.0. The zero-order valence-corrected chi connectivity index (χ0v) is 15.5. The van der Waals surface area contributed by atoms with Crippen LogP contribution in [0.2, 0.25) is 5.02 Å². The molecule has 1 N–H and O–H groups in total. The van der Waals surface area contributed by atoms with Gasteiger partial charge in [0.15, 0.2) is 0 Å². The van der Waals surface area contributed by atoms with Gasteiger partial charge in [0.25, 0.3) is 0 Å². The minimum absolute atomic E-state index is 0.00258. The van der Waals surface area contributed by atoms with Gasteiger partial charge >= 0.3 is 0 Å². The Labute approximate surface area is 148 Å². The molecule has 0 aliphatic carbocycles. The highest BCUT2D eigenvalue weighted by atomic mass is 35.5. The van der Waals surface area contributed by atoms with Crippen molar-refractivity contribution < 1.29 is 17.9 Å². The quantitative estimate of drug-likeness (QED) is 0.796. The van der Waals surface area contributed by atoms with Gasteiger partial charge in [0, 0.05) is 25.4 Å². The number of benzene rings is 1. The molecule has 0 spiro atoms. The Balaban J connectivity index is 2.17. The monoisotopic (exact) mass is 374 g/mol. The third-order valence-corrected chi connectivity index (χ3v) is 6.51. The van der Waals surface area contributed by atoms with Crippen molar-refractivity contribution in [3.63, 3.8) is 0 Å². The Morgan fingerprint density at radius 3 is 2.67 bits per heavy atom. The summed E-state index contributed by atoms with van der Waals surface area (Å²) >= 11 is 6.07. The lowest BCUT2D eigenvalue weighted by molar-refractivity contribution is -0.118. The Bertz CT molecular complexity index is 683. The average molecular weight is 375 g/mol. The fourth-order valence-corrected chi connectivity index (χ4v) is 4.66. The summed E-state index contributed by atoms with van der Waals surface area (Å²) in [6, 6.07) is 4.49. The van der Waals surface area contributed by atoms with Crippen molar-refractivity contribution in [1.82, 2.24) is 4.31 Å². The van der Waals surface area contributed by atoms with Crippen LogP contribution in [0.15, 0.2) is 23.1 Å². The molecule has 1 aliphatic heterocycles. The number of rotatable bonds is 7. The molecule has 2 rings (SSSR count). The molecule has 1 saturated heterocycles. The summed E-state index contributed by atoms with van der Waals surface area (Å²) in [4.78, 5) is 12.1. The van der Waals surface area contributed by atoms with Gasteiger partial charge in [-0.1, -0.05) is 25.4 Å². The van der Waals surface area contributed by atoms with Crippen LogP contribution < -0.4 is 5.32 Å². The van der Waals surface area contributed by atoms with E-state index in [0.717, 1.165) is 12.8 Å². The van der Waals surface area contributed by atoms with E-state index < -0.39 is 10.0 Å². The van der Waals surface area contributed by atoms with E-state index in [0.29, 0.717) is 25.4 Å². The zero-order chi connectivity index (χ0) is 17.7. The van der Waals surface area contributed by atoms with Crippen LogP contribution in [0.4, 0.5) is 5.69 Å². The molecule has 8 heteroatoms. The lowest BCUT2D eigenvalue weighted by Crippen LogP contribution is -2.31. The second-order valence-electron chi connectivity index (χ2n) is 5.62. The SMILES string of the molecule is CCN(CC)S(=O)(=O)c1cc(NC(=O)CC2CCCO2)ccc1Cl. The zero-order valence-electron chi connectivity index (χ0n) is 13.9. The van der Waals surface area contributed by atoms with E-state index in [4.69, 9.17) is 16.3 Å². The van der Waals surface area contributed by atoms with E-state index in [2.05, 4.69) is 5.32 Å². The molecule has 0 aromatic heterocycles. The topological polar surface area (TPSA) is 75.7 Å². The summed E-state index contributed by atoms with van der Waals surface area (Å²) in [6.45, 7) is 4.92. The second kappa shape index (κ2) is 8.29. The van der Waals surface area contributed by atoms with Crippen LogP contribution >= 0.6 is 11.6 Å². The number of halogens is 1. The summed E-state index contributed by atoms with van der Waals surface area (Å²) in [7, 11) is -3.69. The van der Waals surface area contributed by atoms with E-state index >= 15 is 0 Å². The molecular formula is C16H23ClN2O4S. The van der Waals surface area contributed by atoms with Crippen molar-refractivity contribution in [3.8, 4) is 0 Å². The smallest absolute Gasteiger partial charge is 0.244 e. The van der Waals surface area contributed by atoms with Gasteiger partial charge in [0.1, 0.15) is 4.90 Å². The Kier molecular flexibility index (Phi) is 6.62. The van der Waals surface area contributed by atoms with Crippen LogP contribution in [0.5, 0.6) is 0 Å². The number of hydrogen-bond acceptors (Lipinski definition) is 4. The maximum Gasteiger partial charge on any atom is 0.244 e. The first-order valence-electron chi connectivity index (χ1n) is 8.09. The highest BCUT2D eigenvalue weighted by Gasteiger charge is 2.25. The molecule has 0 bridgehead atoms. The predicted molar refractivity (Wildman–Crippen MR) is 93.8 cm³/mol.